The second kappa shape index (κ2) is 3.44. The Labute approximate surface area is 96.0 Å². The van der Waals surface area contributed by atoms with Gasteiger partial charge in [-0.1, -0.05) is 6.92 Å². The summed E-state index contributed by atoms with van der Waals surface area (Å²) in [4.78, 5) is 14.0. The van der Waals surface area contributed by atoms with Crippen molar-refractivity contribution in [3.05, 3.63) is 0 Å². The van der Waals surface area contributed by atoms with Gasteiger partial charge in [0, 0.05) is 6.54 Å². The molecule has 90 valence electrons. The van der Waals surface area contributed by atoms with E-state index in [2.05, 4.69) is 12.2 Å². The van der Waals surface area contributed by atoms with Gasteiger partial charge >= 0.3 is 0 Å². The van der Waals surface area contributed by atoms with E-state index in [4.69, 9.17) is 0 Å². The van der Waals surface area contributed by atoms with Crippen molar-refractivity contribution in [2.75, 3.05) is 26.2 Å². The zero-order valence-corrected chi connectivity index (χ0v) is 9.78. The zero-order chi connectivity index (χ0) is 11.3. The highest BCUT2D eigenvalue weighted by Gasteiger charge is 2.54. The van der Waals surface area contributed by atoms with Crippen LogP contribution in [-0.2, 0) is 4.79 Å². The lowest BCUT2D eigenvalue weighted by Crippen LogP contribution is -2.66. The van der Waals surface area contributed by atoms with Gasteiger partial charge in [-0.05, 0) is 31.2 Å². The van der Waals surface area contributed by atoms with Crippen LogP contribution in [0.1, 0.15) is 19.8 Å². The molecule has 0 aromatic carbocycles. The fourth-order valence-electron chi connectivity index (χ4n) is 3.02. The molecule has 1 amide bonds. The van der Waals surface area contributed by atoms with E-state index in [1.54, 1.807) is 0 Å². The molecule has 3 fully saturated rings. The number of hydrogen-bond acceptors (Lipinski definition) is 3. The summed E-state index contributed by atoms with van der Waals surface area (Å²) in [6.45, 7) is 5.00. The van der Waals surface area contributed by atoms with Crippen molar-refractivity contribution in [3.63, 3.8) is 0 Å². The number of rotatable bonds is 2. The van der Waals surface area contributed by atoms with Crippen LogP contribution < -0.4 is 5.32 Å². The highest BCUT2D eigenvalue weighted by molar-refractivity contribution is 5.81. The average Bonchev–Trinajstić information content (AvgIpc) is 2.97. The van der Waals surface area contributed by atoms with Gasteiger partial charge in [0.05, 0.1) is 19.0 Å². The summed E-state index contributed by atoms with van der Waals surface area (Å²) in [5.41, 5.74) is -0.537. The molecule has 1 aliphatic carbocycles. The molecular formula is C12H20N2O2. The normalized spacial score (nSPS) is 37.2. The van der Waals surface area contributed by atoms with Crippen molar-refractivity contribution in [1.82, 2.24) is 10.2 Å². The number of carbonyl (C=O) groups excluding carboxylic acids is 1. The second-order valence-electron chi connectivity index (χ2n) is 5.81. The quantitative estimate of drug-likeness (QED) is 0.684. The van der Waals surface area contributed by atoms with Crippen molar-refractivity contribution in [3.8, 4) is 0 Å². The van der Waals surface area contributed by atoms with Crippen molar-refractivity contribution in [2.45, 2.75) is 25.4 Å². The molecule has 2 heterocycles. The maximum absolute atomic E-state index is 12.1. The minimum Gasteiger partial charge on any atom is -0.386 e. The SMILES string of the molecule is CC1CNCC1C(=O)N1CC(O)(C2CC2)C1. The van der Waals surface area contributed by atoms with E-state index in [0.29, 0.717) is 24.9 Å². The number of likely N-dealkylation sites (tertiary alicyclic amines) is 1. The van der Waals surface area contributed by atoms with Gasteiger partial charge in [0.15, 0.2) is 0 Å². The summed E-state index contributed by atoms with van der Waals surface area (Å²) >= 11 is 0. The number of aliphatic hydroxyl groups is 1. The summed E-state index contributed by atoms with van der Waals surface area (Å²) in [5, 5.41) is 13.4. The first-order valence-electron chi connectivity index (χ1n) is 6.32. The topological polar surface area (TPSA) is 52.6 Å². The van der Waals surface area contributed by atoms with E-state index < -0.39 is 5.60 Å². The van der Waals surface area contributed by atoms with E-state index in [9.17, 15) is 9.90 Å². The minimum absolute atomic E-state index is 0.128. The van der Waals surface area contributed by atoms with Gasteiger partial charge in [0.1, 0.15) is 5.60 Å². The third kappa shape index (κ3) is 1.55. The lowest BCUT2D eigenvalue weighted by Gasteiger charge is -2.48. The fraction of sp³-hybridized carbons (Fsp3) is 0.917. The summed E-state index contributed by atoms with van der Waals surface area (Å²) in [5.74, 6) is 1.27. The Morgan fingerprint density at radius 1 is 1.38 bits per heavy atom. The fourth-order valence-corrected chi connectivity index (χ4v) is 3.02. The molecule has 3 aliphatic rings. The smallest absolute Gasteiger partial charge is 0.227 e. The summed E-state index contributed by atoms with van der Waals surface area (Å²) in [6, 6.07) is 0. The average molecular weight is 224 g/mol. The molecule has 4 nitrogen and oxygen atoms in total. The van der Waals surface area contributed by atoms with Gasteiger partial charge in [-0.2, -0.15) is 0 Å². The lowest BCUT2D eigenvalue weighted by molar-refractivity contribution is -0.163. The number of amides is 1. The van der Waals surface area contributed by atoms with Gasteiger partial charge in [-0.25, -0.2) is 0 Å². The van der Waals surface area contributed by atoms with Crippen LogP contribution in [0.2, 0.25) is 0 Å². The van der Waals surface area contributed by atoms with E-state index in [0.717, 1.165) is 25.9 Å². The van der Waals surface area contributed by atoms with Crippen LogP contribution in [0.5, 0.6) is 0 Å². The zero-order valence-electron chi connectivity index (χ0n) is 9.78. The van der Waals surface area contributed by atoms with E-state index in [1.165, 1.54) is 0 Å². The number of nitrogens with zero attached hydrogens (tertiary/aromatic N) is 1. The van der Waals surface area contributed by atoms with Crippen molar-refractivity contribution in [2.24, 2.45) is 17.8 Å². The van der Waals surface area contributed by atoms with E-state index in [1.807, 2.05) is 4.90 Å². The Hall–Kier alpha value is -0.610. The molecule has 1 saturated carbocycles. The molecule has 16 heavy (non-hydrogen) atoms. The Morgan fingerprint density at radius 2 is 2.06 bits per heavy atom. The monoisotopic (exact) mass is 224 g/mol. The molecular weight excluding hydrogens is 204 g/mol. The van der Waals surface area contributed by atoms with Crippen molar-refractivity contribution < 1.29 is 9.90 Å². The lowest BCUT2D eigenvalue weighted by atomic mass is 9.86. The Kier molecular flexibility index (Phi) is 2.27. The number of nitrogens with one attached hydrogen (secondary N) is 1. The number of carbonyl (C=O) groups is 1. The minimum atomic E-state index is -0.537. The van der Waals surface area contributed by atoms with E-state index >= 15 is 0 Å². The molecule has 0 radical (unpaired) electrons. The van der Waals surface area contributed by atoms with Crippen LogP contribution in [0.4, 0.5) is 0 Å². The summed E-state index contributed by atoms with van der Waals surface area (Å²) in [6.07, 6.45) is 2.28. The van der Waals surface area contributed by atoms with Crippen LogP contribution in [0.15, 0.2) is 0 Å². The van der Waals surface area contributed by atoms with Gasteiger partial charge < -0.3 is 15.3 Å². The summed E-state index contributed by atoms with van der Waals surface area (Å²) in [7, 11) is 0. The molecule has 2 atom stereocenters. The molecule has 2 saturated heterocycles. The predicted molar refractivity (Wildman–Crippen MR) is 59.8 cm³/mol. The van der Waals surface area contributed by atoms with Gasteiger partial charge in [0.25, 0.3) is 0 Å². The first-order chi connectivity index (χ1) is 7.60. The highest BCUT2D eigenvalue weighted by Crippen LogP contribution is 2.45. The van der Waals surface area contributed by atoms with Crippen LogP contribution in [-0.4, -0.2) is 47.7 Å². The Bertz CT molecular complexity index is 308. The first kappa shape index (κ1) is 10.5. The maximum atomic E-state index is 12.1. The van der Waals surface area contributed by atoms with Gasteiger partial charge in [-0.3, -0.25) is 4.79 Å². The third-order valence-corrected chi connectivity index (χ3v) is 4.41. The van der Waals surface area contributed by atoms with Crippen molar-refractivity contribution >= 4 is 5.91 Å². The number of β-amino-alcohol motifs (C(OH)–C–C–N with tert-alkyl or cyclic N) is 1. The largest absolute Gasteiger partial charge is 0.386 e. The van der Waals surface area contributed by atoms with Crippen LogP contribution in [0, 0.1) is 17.8 Å². The molecule has 0 spiro atoms. The van der Waals surface area contributed by atoms with Crippen molar-refractivity contribution in [1.29, 1.82) is 0 Å². The molecule has 2 unspecified atom stereocenters. The van der Waals surface area contributed by atoms with Crippen LogP contribution >= 0.6 is 0 Å². The van der Waals surface area contributed by atoms with Crippen LogP contribution in [0.3, 0.4) is 0 Å². The standard InChI is InChI=1S/C12H20N2O2/c1-8-4-13-5-10(8)11(15)14-6-12(16,7-14)9-2-3-9/h8-10,13,16H,2-7H2,1H3. The molecule has 0 aromatic heterocycles. The van der Waals surface area contributed by atoms with Gasteiger partial charge in [-0.15, -0.1) is 0 Å². The van der Waals surface area contributed by atoms with Crippen LogP contribution in [0.25, 0.3) is 0 Å². The highest BCUT2D eigenvalue weighted by atomic mass is 16.3. The summed E-state index contributed by atoms with van der Waals surface area (Å²) < 4.78 is 0. The Morgan fingerprint density at radius 3 is 2.56 bits per heavy atom. The van der Waals surface area contributed by atoms with E-state index in [-0.39, 0.29) is 11.8 Å². The molecule has 0 bridgehead atoms. The molecule has 2 N–H and O–H groups in total. The Balaban J connectivity index is 1.57. The molecule has 2 aliphatic heterocycles. The molecule has 3 rings (SSSR count). The van der Waals surface area contributed by atoms with Gasteiger partial charge in [0.2, 0.25) is 5.91 Å². The number of hydrogen-bond donors (Lipinski definition) is 2. The second-order valence-corrected chi connectivity index (χ2v) is 5.81. The molecule has 4 heteroatoms. The third-order valence-electron chi connectivity index (χ3n) is 4.41. The first-order valence-corrected chi connectivity index (χ1v) is 6.32. The predicted octanol–water partition coefficient (Wildman–Crippen LogP) is -0.175. The maximum Gasteiger partial charge on any atom is 0.227 e. The molecule has 0 aromatic rings.